The van der Waals surface area contributed by atoms with E-state index < -0.39 is 23.0 Å². The van der Waals surface area contributed by atoms with Gasteiger partial charge < -0.3 is 5.73 Å². The van der Waals surface area contributed by atoms with Gasteiger partial charge in [0, 0.05) is 5.56 Å². The minimum absolute atomic E-state index is 0.00639. The number of nitrogens with two attached hydrogens (primary N) is 1. The van der Waals surface area contributed by atoms with Crippen molar-refractivity contribution in [2.24, 2.45) is 5.73 Å². The van der Waals surface area contributed by atoms with Crippen LogP contribution in [0.15, 0.2) is 42.5 Å². The van der Waals surface area contributed by atoms with Crippen molar-refractivity contribution in [3.63, 3.8) is 0 Å². The van der Waals surface area contributed by atoms with E-state index >= 15 is 0 Å². The number of hydrogen-bond acceptors (Lipinski definition) is 1. The lowest BCUT2D eigenvalue weighted by Gasteiger charge is -2.26. The standard InChI is InChI=1S/C14H12F3N/c1-14(18,9-3-2-4-10(15)7-9)12-8-11(16)5-6-13(12)17/h2-8H,18H2,1H3. The van der Waals surface area contributed by atoms with Gasteiger partial charge in [-0.1, -0.05) is 12.1 Å². The molecule has 0 amide bonds. The molecule has 0 fully saturated rings. The number of hydrogen-bond donors (Lipinski definition) is 1. The maximum absolute atomic E-state index is 13.7. The fraction of sp³-hybridized carbons (Fsp3) is 0.143. The van der Waals surface area contributed by atoms with Crippen molar-refractivity contribution in [3.8, 4) is 0 Å². The predicted molar refractivity (Wildman–Crippen MR) is 63.4 cm³/mol. The molecule has 2 aromatic carbocycles. The topological polar surface area (TPSA) is 26.0 Å². The maximum atomic E-state index is 13.7. The molecule has 0 saturated heterocycles. The van der Waals surface area contributed by atoms with Crippen LogP contribution in [0.5, 0.6) is 0 Å². The Bertz CT molecular complexity index is 579. The van der Waals surface area contributed by atoms with E-state index in [-0.39, 0.29) is 5.56 Å². The van der Waals surface area contributed by atoms with Crippen LogP contribution < -0.4 is 5.73 Å². The smallest absolute Gasteiger partial charge is 0.128 e. The summed E-state index contributed by atoms with van der Waals surface area (Å²) < 4.78 is 40.1. The summed E-state index contributed by atoms with van der Waals surface area (Å²) in [5, 5.41) is 0. The Hall–Kier alpha value is -1.81. The molecular formula is C14H12F3N. The second kappa shape index (κ2) is 4.46. The van der Waals surface area contributed by atoms with Gasteiger partial charge >= 0.3 is 0 Å². The average molecular weight is 251 g/mol. The second-order valence-corrected chi connectivity index (χ2v) is 4.34. The normalized spacial score (nSPS) is 14.3. The number of rotatable bonds is 2. The molecule has 94 valence electrons. The highest BCUT2D eigenvalue weighted by atomic mass is 19.1. The molecule has 0 radical (unpaired) electrons. The third-order valence-corrected chi connectivity index (χ3v) is 2.91. The Balaban J connectivity index is 2.57. The molecule has 1 atom stereocenters. The average Bonchev–Trinajstić information content (AvgIpc) is 2.32. The van der Waals surface area contributed by atoms with E-state index in [2.05, 4.69) is 0 Å². The van der Waals surface area contributed by atoms with Crippen molar-refractivity contribution in [2.45, 2.75) is 12.5 Å². The molecule has 0 aromatic heterocycles. The van der Waals surface area contributed by atoms with Crippen molar-refractivity contribution in [3.05, 3.63) is 71.0 Å². The van der Waals surface area contributed by atoms with Crippen molar-refractivity contribution in [2.75, 3.05) is 0 Å². The molecular weight excluding hydrogens is 239 g/mol. The van der Waals surface area contributed by atoms with Crippen LogP contribution >= 0.6 is 0 Å². The van der Waals surface area contributed by atoms with E-state index in [9.17, 15) is 13.2 Å². The molecule has 18 heavy (non-hydrogen) atoms. The van der Waals surface area contributed by atoms with E-state index in [0.717, 1.165) is 18.2 Å². The van der Waals surface area contributed by atoms with Gasteiger partial charge in [-0.15, -0.1) is 0 Å². The molecule has 0 aliphatic rings. The number of benzene rings is 2. The lowest BCUT2D eigenvalue weighted by molar-refractivity contribution is 0.515. The Kier molecular flexibility index (Phi) is 3.13. The van der Waals surface area contributed by atoms with Crippen molar-refractivity contribution < 1.29 is 13.2 Å². The molecule has 1 nitrogen and oxygen atoms in total. The van der Waals surface area contributed by atoms with Crippen LogP contribution in [0.25, 0.3) is 0 Å². The molecule has 0 heterocycles. The maximum Gasteiger partial charge on any atom is 0.128 e. The highest BCUT2D eigenvalue weighted by molar-refractivity contribution is 5.38. The zero-order valence-electron chi connectivity index (χ0n) is 9.75. The summed E-state index contributed by atoms with van der Waals surface area (Å²) in [6.45, 7) is 1.51. The summed E-state index contributed by atoms with van der Waals surface area (Å²) in [7, 11) is 0. The Morgan fingerprint density at radius 3 is 2.28 bits per heavy atom. The molecule has 2 rings (SSSR count). The lowest BCUT2D eigenvalue weighted by atomic mass is 9.85. The third kappa shape index (κ3) is 2.24. The van der Waals surface area contributed by atoms with Crippen LogP contribution in [0.3, 0.4) is 0 Å². The van der Waals surface area contributed by atoms with Gasteiger partial charge in [-0.05, 0) is 42.8 Å². The Morgan fingerprint density at radius 1 is 0.944 bits per heavy atom. The lowest BCUT2D eigenvalue weighted by Crippen LogP contribution is -2.35. The predicted octanol–water partition coefficient (Wildman–Crippen LogP) is 3.33. The van der Waals surface area contributed by atoms with Crippen molar-refractivity contribution in [1.29, 1.82) is 0 Å². The van der Waals surface area contributed by atoms with E-state index in [1.54, 1.807) is 6.07 Å². The molecule has 0 saturated carbocycles. The first-order chi connectivity index (χ1) is 8.41. The summed E-state index contributed by atoms with van der Waals surface area (Å²) in [5.74, 6) is -1.67. The second-order valence-electron chi connectivity index (χ2n) is 4.34. The Morgan fingerprint density at radius 2 is 1.61 bits per heavy atom. The summed E-state index contributed by atoms with van der Waals surface area (Å²) in [6, 6.07) is 8.59. The zero-order chi connectivity index (χ0) is 13.3. The minimum atomic E-state index is -1.30. The van der Waals surface area contributed by atoms with Crippen molar-refractivity contribution >= 4 is 0 Å². The van der Waals surface area contributed by atoms with Crippen LogP contribution in [-0.2, 0) is 5.54 Å². The SMILES string of the molecule is CC(N)(c1cccc(F)c1)c1cc(F)ccc1F. The van der Waals surface area contributed by atoms with Gasteiger partial charge in [-0.2, -0.15) is 0 Å². The quantitative estimate of drug-likeness (QED) is 0.870. The third-order valence-electron chi connectivity index (χ3n) is 2.91. The summed E-state index contributed by atoms with van der Waals surface area (Å²) in [5.41, 5.74) is 5.10. The van der Waals surface area contributed by atoms with Crippen LogP contribution in [0.2, 0.25) is 0 Å². The first kappa shape index (κ1) is 12.6. The first-order valence-electron chi connectivity index (χ1n) is 5.42. The van der Waals surface area contributed by atoms with Gasteiger partial charge in [0.05, 0.1) is 5.54 Å². The summed E-state index contributed by atoms with van der Waals surface area (Å²) in [6.07, 6.45) is 0. The molecule has 0 aliphatic carbocycles. The van der Waals surface area contributed by atoms with E-state index in [0.29, 0.717) is 5.56 Å². The molecule has 0 aliphatic heterocycles. The van der Waals surface area contributed by atoms with E-state index in [4.69, 9.17) is 5.73 Å². The molecule has 0 spiro atoms. The highest BCUT2D eigenvalue weighted by Crippen LogP contribution is 2.29. The fourth-order valence-corrected chi connectivity index (χ4v) is 1.86. The summed E-state index contributed by atoms with van der Waals surface area (Å²) in [4.78, 5) is 0. The van der Waals surface area contributed by atoms with Gasteiger partial charge in [0.25, 0.3) is 0 Å². The van der Waals surface area contributed by atoms with Gasteiger partial charge in [0.2, 0.25) is 0 Å². The van der Waals surface area contributed by atoms with Crippen LogP contribution in [0.4, 0.5) is 13.2 Å². The van der Waals surface area contributed by atoms with E-state index in [1.807, 2.05) is 0 Å². The van der Waals surface area contributed by atoms with E-state index in [1.165, 1.54) is 25.1 Å². The van der Waals surface area contributed by atoms with Gasteiger partial charge in [0.15, 0.2) is 0 Å². The monoisotopic (exact) mass is 251 g/mol. The highest BCUT2D eigenvalue weighted by Gasteiger charge is 2.27. The van der Waals surface area contributed by atoms with Crippen molar-refractivity contribution in [1.82, 2.24) is 0 Å². The van der Waals surface area contributed by atoms with Gasteiger partial charge in [-0.3, -0.25) is 0 Å². The van der Waals surface area contributed by atoms with Gasteiger partial charge in [0.1, 0.15) is 17.5 Å². The number of halogens is 3. The Labute approximate surface area is 103 Å². The van der Waals surface area contributed by atoms with Gasteiger partial charge in [-0.25, -0.2) is 13.2 Å². The fourth-order valence-electron chi connectivity index (χ4n) is 1.86. The molecule has 4 heteroatoms. The first-order valence-corrected chi connectivity index (χ1v) is 5.42. The van der Waals surface area contributed by atoms with Crippen LogP contribution in [-0.4, -0.2) is 0 Å². The molecule has 0 bridgehead atoms. The summed E-state index contributed by atoms with van der Waals surface area (Å²) >= 11 is 0. The minimum Gasteiger partial charge on any atom is -0.318 e. The molecule has 2 aromatic rings. The van der Waals surface area contributed by atoms with Crippen LogP contribution in [0, 0.1) is 17.5 Å². The molecule has 1 unspecified atom stereocenters. The largest absolute Gasteiger partial charge is 0.318 e. The zero-order valence-corrected chi connectivity index (χ0v) is 9.75. The van der Waals surface area contributed by atoms with Crippen LogP contribution in [0.1, 0.15) is 18.1 Å². The molecule has 2 N–H and O–H groups in total.